The van der Waals surface area contributed by atoms with Gasteiger partial charge in [0.25, 0.3) is 0 Å². The van der Waals surface area contributed by atoms with Crippen molar-refractivity contribution in [3.63, 3.8) is 0 Å². The fourth-order valence-electron chi connectivity index (χ4n) is 3.13. The zero-order valence-corrected chi connectivity index (χ0v) is 12.6. The highest BCUT2D eigenvalue weighted by molar-refractivity contribution is 6.31. The van der Waals surface area contributed by atoms with Crippen LogP contribution in [-0.2, 0) is 0 Å². The number of likely N-dealkylation sites (tertiary alicyclic amines) is 1. The van der Waals surface area contributed by atoms with Gasteiger partial charge < -0.3 is 5.32 Å². The molecule has 2 fully saturated rings. The Bertz CT molecular complexity index is 621. The Morgan fingerprint density at radius 3 is 2.90 bits per heavy atom. The van der Waals surface area contributed by atoms with E-state index in [2.05, 4.69) is 15.3 Å². The topological polar surface area (TPSA) is 33.1 Å². The number of nitrogens with one attached hydrogen (secondary N) is 1. The minimum absolute atomic E-state index is 0.498. The van der Waals surface area contributed by atoms with E-state index < -0.39 is 0 Å². The summed E-state index contributed by atoms with van der Waals surface area (Å²) < 4.78 is 1.88. The first-order chi connectivity index (χ1) is 10.3. The van der Waals surface area contributed by atoms with Crippen LogP contribution in [0.15, 0.2) is 36.7 Å². The summed E-state index contributed by atoms with van der Waals surface area (Å²) in [5.41, 5.74) is 2.11. The Morgan fingerprint density at radius 2 is 2.14 bits per heavy atom. The maximum absolute atomic E-state index is 6.17. The molecule has 0 spiro atoms. The van der Waals surface area contributed by atoms with Crippen LogP contribution in [0.3, 0.4) is 0 Å². The first-order valence-corrected chi connectivity index (χ1v) is 7.97. The SMILES string of the molecule is Clc1ccc(-n2cccn2)c(NC2CCN(C3CC3)C2)c1. The van der Waals surface area contributed by atoms with Crippen molar-refractivity contribution in [1.82, 2.24) is 14.7 Å². The van der Waals surface area contributed by atoms with Crippen LogP contribution in [0.5, 0.6) is 0 Å². The van der Waals surface area contributed by atoms with Gasteiger partial charge in [0.2, 0.25) is 0 Å². The van der Waals surface area contributed by atoms with Gasteiger partial charge in [0.1, 0.15) is 0 Å². The molecule has 110 valence electrons. The summed E-state index contributed by atoms with van der Waals surface area (Å²) in [4.78, 5) is 2.61. The van der Waals surface area contributed by atoms with Crippen molar-refractivity contribution in [3.8, 4) is 5.69 Å². The fraction of sp³-hybridized carbons (Fsp3) is 0.438. The van der Waals surface area contributed by atoms with Gasteiger partial charge >= 0.3 is 0 Å². The van der Waals surface area contributed by atoms with Gasteiger partial charge in [-0.3, -0.25) is 4.90 Å². The van der Waals surface area contributed by atoms with E-state index >= 15 is 0 Å². The molecule has 1 aliphatic heterocycles. The van der Waals surface area contributed by atoms with Crippen LogP contribution in [0.4, 0.5) is 5.69 Å². The highest BCUT2D eigenvalue weighted by atomic mass is 35.5. The second-order valence-electron chi connectivity index (χ2n) is 5.97. The summed E-state index contributed by atoms with van der Waals surface area (Å²) in [7, 11) is 0. The number of nitrogens with zero attached hydrogens (tertiary/aromatic N) is 3. The van der Waals surface area contributed by atoms with E-state index in [1.807, 2.05) is 35.1 Å². The van der Waals surface area contributed by atoms with E-state index in [-0.39, 0.29) is 0 Å². The minimum Gasteiger partial charge on any atom is -0.379 e. The molecule has 0 bridgehead atoms. The largest absolute Gasteiger partial charge is 0.379 e. The van der Waals surface area contributed by atoms with Crippen LogP contribution in [0.1, 0.15) is 19.3 Å². The molecular weight excluding hydrogens is 284 g/mol. The zero-order chi connectivity index (χ0) is 14.2. The maximum Gasteiger partial charge on any atom is 0.0877 e. The summed E-state index contributed by atoms with van der Waals surface area (Å²) in [6.07, 6.45) is 7.70. The van der Waals surface area contributed by atoms with Gasteiger partial charge in [-0.2, -0.15) is 5.10 Å². The van der Waals surface area contributed by atoms with Gasteiger partial charge in [-0.1, -0.05) is 11.6 Å². The zero-order valence-electron chi connectivity index (χ0n) is 11.9. The smallest absolute Gasteiger partial charge is 0.0877 e. The average molecular weight is 303 g/mol. The number of rotatable bonds is 4. The molecular formula is C16H19ClN4. The first kappa shape index (κ1) is 13.2. The standard InChI is InChI=1S/C16H19ClN4/c17-12-2-5-16(21-8-1-7-18-21)15(10-12)19-13-6-9-20(11-13)14-3-4-14/h1-2,5,7-8,10,13-14,19H,3-4,6,9,11H2. The average Bonchev–Trinajstić information content (AvgIpc) is 2.99. The molecule has 1 aromatic carbocycles. The normalized spacial score (nSPS) is 22.6. The summed E-state index contributed by atoms with van der Waals surface area (Å²) in [6.45, 7) is 2.34. The van der Waals surface area contributed by atoms with Crippen LogP contribution >= 0.6 is 11.6 Å². The lowest BCUT2D eigenvalue weighted by molar-refractivity contribution is 0.326. The minimum atomic E-state index is 0.498. The summed E-state index contributed by atoms with van der Waals surface area (Å²) >= 11 is 6.17. The predicted octanol–water partition coefficient (Wildman–Crippen LogP) is 3.17. The van der Waals surface area contributed by atoms with Gasteiger partial charge in [-0.05, 0) is 43.5 Å². The van der Waals surface area contributed by atoms with E-state index in [0.29, 0.717) is 6.04 Å². The molecule has 5 heteroatoms. The molecule has 0 amide bonds. The van der Waals surface area contributed by atoms with E-state index in [9.17, 15) is 0 Å². The summed E-state index contributed by atoms with van der Waals surface area (Å²) in [5, 5.41) is 8.75. The summed E-state index contributed by atoms with van der Waals surface area (Å²) in [5.74, 6) is 0. The molecule has 2 heterocycles. The molecule has 21 heavy (non-hydrogen) atoms. The van der Waals surface area contributed by atoms with Gasteiger partial charge in [0, 0.05) is 42.6 Å². The fourth-order valence-corrected chi connectivity index (χ4v) is 3.30. The van der Waals surface area contributed by atoms with Crippen LogP contribution in [0, 0.1) is 0 Å². The van der Waals surface area contributed by atoms with Crippen LogP contribution in [0.25, 0.3) is 5.69 Å². The summed E-state index contributed by atoms with van der Waals surface area (Å²) in [6, 6.07) is 9.21. The number of halogens is 1. The van der Waals surface area contributed by atoms with E-state index in [0.717, 1.165) is 29.0 Å². The second kappa shape index (κ2) is 5.35. The van der Waals surface area contributed by atoms with Gasteiger partial charge in [0.05, 0.1) is 11.4 Å². The number of aromatic nitrogens is 2. The Labute approximate surface area is 129 Å². The quantitative estimate of drug-likeness (QED) is 0.941. The highest BCUT2D eigenvalue weighted by Gasteiger charge is 2.34. The molecule has 2 aliphatic rings. The van der Waals surface area contributed by atoms with Gasteiger partial charge in [0.15, 0.2) is 0 Å². The number of benzene rings is 1. The number of anilines is 1. The molecule has 1 aromatic heterocycles. The van der Waals surface area contributed by atoms with Crippen molar-refractivity contribution in [2.45, 2.75) is 31.3 Å². The monoisotopic (exact) mass is 302 g/mol. The molecule has 4 nitrogen and oxygen atoms in total. The van der Waals surface area contributed by atoms with Crippen LogP contribution in [-0.4, -0.2) is 39.9 Å². The third-order valence-corrected chi connectivity index (χ3v) is 4.59. The molecule has 1 saturated carbocycles. The van der Waals surface area contributed by atoms with Crippen molar-refractivity contribution in [2.24, 2.45) is 0 Å². The molecule has 1 saturated heterocycles. The molecule has 1 atom stereocenters. The highest BCUT2D eigenvalue weighted by Crippen LogP contribution is 2.32. The molecule has 2 aromatic rings. The van der Waals surface area contributed by atoms with E-state index in [1.165, 1.54) is 25.8 Å². The second-order valence-corrected chi connectivity index (χ2v) is 6.40. The lowest BCUT2D eigenvalue weighted by atomic mass is 10.2. The number of hydrogen-bond acceptors (Lipinski definition) is 3. The van der Waals surface area contributed by atoms with Crippen molar-refractivity contribution < 1.29 is 0 Å². The van der Waals surface area contributed by atoms with Crippen molar-refractivity contribution in [2.75, 3.05) is 18.4 Å². The van der Waals surface area contributed by atoms with E-state index in [1.54, 1.807) is 6.20 Å². The van der Waals surface area contributed by atoms with Gasteiger partial charge in [-0.25, -0.2) is 4.68 Å². The predicted molar refractivity (Wildman–Crippen MR) is 85.2 cm³/mol. The lowest BCUT2D eigenvalue weighted by Crippen LogP contribution is -2.28. The van der Waals surface area contributed by atoms with Crippen molar-refractivity contribution in [1.29, 1.82) is 0 Å². The lowest BCUT2D eigenvalue weighted by Gasteiger charge is -2.19. The van der Waals surface area contributed by atoms with Crippen molar-refractivity contribution >= 4 is 17.3 Å². The Balaban J connectivity index is 1.55. The Kier molecular flexibility index (Phi) is 3.36. The van der Waals surface area contributed by atoms with Crippen molar-refractivity contribution in [3.05, 3.63) is 41.7 Å². The number of hydrogen-bond donors (Lipinski definition) is 1. The molecule has 1 aliphatic carbocycles. The molecule has 1 N–H and O–H groups in total. The Hall–Kier alpha value is -1.52. The molecule has 0 radical (unpaired) electrons. The Morgan fingerprint density at radius 1 is 1.24 bits per heavy atom. The molecule has 4 rings (SSSR count). The van der Waals surface area contributed by atoms with E-state index in [4.69, 9.17) is 11.6 Å². The first-order valence-electron chi connectivity index (χ1n) is 7.60. The third kappa shape index (κ3) is 2.78. The van der Waals surface area contributed by atoms with Gasteiger partial charge in [-0.15, -0.1) is 0 Å². The van der Waals surface area contributed by atoms with Crippen LogP contribution in [0.2, 0.25) is 5.02 Å². The van der Waals surface area contributed by atoms with Crippen LogP contribution < -0.4 is 5.32 Å². The maximum atomic E-state index is 6.17. The molecule has 1 unspecified atom stereocenters. The third-order valence-electron chi connectivity index (χ3n) is 4.35.